The first kappa shape index (κ1) is 15.8. The van der Waals surface area contributed by atoms with Gasteiger partial charge < -0.3 is 4.90 Å². The molecule has 0 saturated heterocycles. The van der Waals surface area contributed by atoms with Crippen LogP contribution in [-0.4, -0.2) is 17.8 Å². The Morgan fingerprint density at radius 1 is 1.00 bits per heavy atom. The van der Waals surface area contributed by atoms with E-state index in [-0.39, 0.29) is 6.04 Å². The normalized spacial score (nSPS) is 17.4. The van der Waals surface area contributed by atoms with E-state index in [4.69, 9.17) is 4.99 Å². The number of benzene rings is 2. The maximum absolute atomic E-state index is 5.18. The summed E-state index contributed by atoms with van der Waals surface area (Å²) in [7, 11) is 2.18. The van der Waals surface area contributed by atoms with Crippen LogP contribution in [0.3, 0.4) is 0 Å². The van der Waals surface area contributed by atoms with Crippen molar-refractivity contribution in [2.75, 3.05) is 7.05 Å². The van der Waals surface area contributed by atoms with Gasteiger partial charge in [-0.2, -0.15) is 0 Å². The van der Waals surface area contributed by atoms with Gasteiger partial charge in [-0.1, -0.05) is 74.4 Å². The predicted octanol–water partition coefficient (Wildman–Crippen LogP) is 5.20. The fraction of sp³-hybridized carbons (Fsp3) is 0.381. The highest BCUT2D eigenvalue weighted by Gasteiger charge is 2.22. The molecule has 23 heavy (non-hydrogen) atoms. The second-order valence-electron chi connectivity index (χ2n) is 6.37. The van der Waals surface area contributed by atoms with E-state index in [1.54, 1.807) is 0 Å². The molecule has 120 valence electrons. The fourth-order valence-electron chi connectivity index (χ4n) is 3.29. The van der Waals surface area contributed by atoms with Crippen LogP contribution < -0.4 is 0 Å². The van der Waals surface area contributed by atoms with Crippen molar-refractivity contribution in [3.63, 3.8) is 0 Å². The molecule has 2 aromatic carbocycles. The molecule has 2 heteroatoms. The summed E-state index contributed by atoms with van der Waals surface area (Å²) in [5.41, 5.74) is 4.01. The number of hydrogen-bond donors (Lipinski definition) is 0. The summed E-state index contributed by atoms with van der Waals surface area (Å²) in [5.74, 6) is 1.24. The lowest BCUT2D eigenvalue weighted by atomic mass is 9.95. The summed E-state index contributed by atoms with van der Waals surface area (Å²) in [6, 6.07) is 19.5. The van der Waals surface area contributed by atoms with Gasteiger partial charge in [0.05, 0.1) is 0 Å². The Bertz CT molecular complexity index is 661. The number of amidine groups is 1. The van der Waals surface area contributed by atoms with Gasteiger partial charge in [0, 0.05) is 20.0 Å². The van der Waals surface area contributed by atoms with Crippen molar-refractivity contribution in [1.82, 2.24) is 4.90 Å². The van der Waals surface area contributed by atoms with E-state index in [0.29, 0.717) is 0 Å². The lowest BCUT2D eigenvalue weighted by Gasteiger charge is -2.20. The number of fused-ring (bicyclic) bond motifs is 1. The lowest BCUT2D eigenvalue weighted by molar-refractivity contribution is 0.486. The Morgan fingerprint density at radius 2 is 1.74 bits per heavy atom. The largest absolute Gasteiger partial charge is 0.359 e. The van der Waals surface area contributed by atoms with Gasteiger partial charge in [-0.3, -0.25) is 4.99 Å². The number of unbranched alkanes of at least 4 members (excludes halogenated alkanes) is 2. The molecule has 3 rings (SSSR count). The van der Waals surface area contributed by atoms with Gasteiger partial charge in [-0.15, -0.1) is 0 Å². The summed E-state index contributed by atoms with van der Waals surface area (Å²) in [6.45, 7) is 3.20. The number of rotatable bonds is 5. The van der Waals surface area contributed by atoms with Gasteiger partial charge in [0.1, 0.15) is 11.9 Å². The van der Waals surface area contributed by atoms with Crippen molar-refractivity contribution in [2.45, 2.75) is 45.2 Å². The fourth-order valence-corrected chi connectivity index (χ4v) is 3.29. The van der Waals surface area contributed by atoms with E-state index in [2.05, 4.69) is 73.5 Å². The van der Waals surface area contributed by atoms with Crippen LogP contribution in [0.25, 0.3) is 0 Å². The van der Waals surface area contributed by atoms with E-state index in [1.807, 2.05) is 0 Å². The molecular weight excluding hydrogens is 280 g/mol. The highest BCUT2D eigenvalue weighted by Crippen LogP contribution is 2.32. The maximum Gasteiger partial charge on any atom is 0.102 e. The number of aliphatic imine (C=N–C) groups is 1. The van der Waals surface area contributed by atoms with Crippen molar-refractivity contribution < 1.29 is 0 Å². The van der Waals surface area contributed by atoms with E-state index >= 15 is 0 Å². The Morgan fingerprint density at radius 3 is 2.52 bits per heavy atom. The average Bonchev–Trinajstić information content (AvgIpc) is 2.73. The standard InChI is InChI=1S/C21H26N2/c1-3-4-6-15-20-22-21(17-11-7-5-8-12-17)19-14-10-9-13-18(19)16-23(20)2/h5,7-14,21H,3-4,6,15-16H2,1-2H3/t21-/m0/s1. The molecule has 0 N–H and O–H groups in total. The van der Waals surface area contributed by atoms with Crippen molar-refractivity contribution >= 4 is 5.84 Å². The molecule has 0 amide bonds. The molecule has 0 spiro atoms. The predicted molar refractivity (Wildman–Crippen MR) is 97.8 cm³/mol. The quantitative estimate of drug-likeness (QED) is 0.693. The number of nitrogens with zero attached hydrogens (tertiary/aromatic N) is 2. The zero-order chi connectivity index (χ0) is 16.1. The van der Waals surface area contributed by atoms with Gasteiger partial charge in [0.15, 0.2) is 0 Å². The van der Waals surface area contributed by atoms with Crippen LogP contribution in [-0.2, 0) is 6.54 Å². The minimum atomic E-state index is 0.119. The lowest BCUT2D eigenvalue weighted by Crippen LogP contribution is -2.25. The highest BCUT2D eigenvalue weighted by molar-refractivity contribution is 5.83. The third-order valence-electron chi connectivity index (χ3n) is 4.60. The van der Waals surface area contributed by atoms with Crippen LogP contribution in [0, 0.1) is 0 Å². The van der Waals surface area contributed by atoms with E-state index < -0.39 is 0 Å². The van der Waals surface area contributed by atoms with E-state index in [9.17, 15) is 0 Å². The Balaban J connectivity index is 1.99. The molecule has 2 aromatic rings. The molecule has 0 aliphatic carbocycles. The average molecular weight is 306 g/mol. The van der Waals surface area contributed by atoms with E-state index in [1.165, 1.54) is 41.8 Å². The zero-order valence-electron chi connectivity index (χ0n) is 14.2. The molecule has 1 heterocycles. The molecule has 1 aliphatic rings. The maximum atomic E-state index is 5.18. The first-order valence-corrected chi connectivity index (χ1v) is 8.70. The van der Waals surface area contributed by atoms with Crippen LogP contribution >= 0.6 is 0 Å². The molecular formula is C21H26N2. The molecule has 2 nitrogen and oxygen atoms in total. The molecule has 0 bridgehead atoms. The molecule has 1 atom stereocenters. The molecule has 0 saturated carbocycles. The third-order valence-corrected chi connectivity index (χ3v) is 4.60. The van der Waals surface area contributed by atoms with Gasteiger partial charge >= 0.3 is 0 Å². The van der Waals surface area contributed by atoms with Crippen LogP contribution in [0.15, 0.2) is 59.6 Å². The van der Waals surface area contributed by atoms with E-state index in [0.717, 1.165) is 13.0 Å². The van der Waals surface area contributed by atoms with Crippen molar-refractivity contribution in [3.05, 3.63) is 71.3 Å². The monoisotopic (exact) mass is 306 g/mol. The van der Waals surface area contributed by atoms with Crippen molar-refractivity contribution in [3.8, 4) is 0 Å². The van der Waals surface area contributed by atoms with Gasteiger partial charge in [-0.05, 0) is 23.1 Å². The first-order valence-electron chi connectivity index (χ1n) is 8.70. The van der Waals surface area contributed by atoms with Crippen LogP contribution in [0.1, 0.15) is 55.3 Å². The molecule has 0 unspecified atom stereocenters. The minimum Gasteiger partial charge on any atom is -0.359 e. The molecule has 0 fully saturated rings. The first-order chi connectivity index (χ1) is 11.3. The van der Waals surface area contributed by atoms with Crippen molar-refractivity contribution in [2.24, 2.45) is 4.99 Å². The minimum absolute atomic E-state index is 0.119. The second-order valence-corrected chi connectivity index (χ2v) is 6.37. The zero-order valence-corrected chi connectivity index (χ0v) is 14.2. The summed E-state index contributed by atoms with van der Waals surface area (Å²) >= 11 is 0. The molecule has 1 aliphatic heterocycles. The summed E-state index contributed by atoms with van der Waals surface area (Å²) < 4.78 is 0. The topological polar surface area (TPSA) is 15.6 Å². The Kier molecular flexibility index (Phi) is 5.12. The molecule has 0 aromatic heterocycles. The smallest absolute Gasteiger partial charge is 0.102 e. The summed E-state index contributed by atoms with van der Waals surface area (Å²) in [6.07, 6.45) is 4.81. The van der Waals surface area contributed by atoms with Crippen LogP contribution in [0.4, 0.5) is 0 Å². The SMILES string of the molecule is CCCCCC1=N[C@@H](c2ccccc2)c2ccccc2CN1C. The van der Waals surface area contributed by atoms with Crippen LogP contribution in [0.5, 0.6) is 0 Å². The van der Waals surface area contributed by atoms with Crippen molar-refractivity contribution in [1.29, 1.82) is 0 Å². The Hall–Kier alpha value is -2.09. The Labute approximate surface area is 139 Å². The highest BCUT2D eigenvalue weighted by atomic mass is 15.2. The third kappa shape index (κ3) is 3.64. The van der Waals surface area contributed by atoms with Crippen LogP contribution in [0.2, 0.25) is 0 Å². The second kappa shape index (κ2) is 7.45. The summed E-state index contributed by atoms with van der Waals surface area (Å²) in [5, 5.41) is 0. The molecule has 0 radical (unpaired) electrons. The number of hydrogen-bond acceptors (Lipinski definition) is 2. The van der Waals surface area contributed by atoms with Gasteiger partial charge in [0.2, 0.25) is 0 Å². The van der Waals surface area contributed by atoms with Gasteiger partial charge in [0.25, 0.3) is 0 Å². The summed E-state index contributed by atoms with van der Waals surface area (Å²) in [4.78, 5) is 7.51. The van der Waals surface area contributed by atoms with Gasteiger partial charge in [-0.25, -0.2) is 0 Å².